The summed E-state index contributed by atoms with van der Waals surface area (Å²) >= 11 is 12.9. The van der Waals surface area contributed by atoms with Crippen LogP contribution in [0.15, 0.2) is 70.0 Å². The van der Waals surface area contributed by atoms with Gasteiger partial charge in [-0.1, -0.05) is 53.5 Å². The highest BCUT2D eigenvalue weighted by atomic mass is 35.5. The van der Waals surface area contributed by atoms with E-state index in [2.05, 4.69) is 15.8 Å². The van der Waals surface area contributed by atoms with Crippen molar-refractivity contribution in [3.8, 4) is 5.75 Å². The first-order valence-corrected chi connectivity index (χ1v) is 13.7. The second-order valence-corrected chi connectivity index (χ2v) is 11.2. The Balaban J connectivity index is 1.57. The van der Waals surface area contributed by atoms with Gasteiger partial charge in [0.15, 0.2) is 9.84 Å². The van der Waals surface area contributed by atoms with Crippen molar-refractivity contribution in [3.63, 3.8) is 0 Å². The summed E-state index contributed by atoms with van der Waals surface area (Å²) in [5, 5.41) is 19.0. The number of sulfone groups is 1. The first kappa shape index (κ1) is 25.6. The highest BCUT2D eigenvalue weighted by Gasteiger charge is 2.22. The summed E-state index contributed by atoms with van der Waals surface area (Å²) in [5.41, 5.74) is 3.79. The van der Waals surface area contributed by atoms with Crippen molar-refractivity contribution >= 4 is 78.9 Å². The van der Waals surface area contributed by atoms with Crippen LogP contribution >= 0.6 is 34.5 Å². The van der Waals surface area contributed by atoms with Crippen molar-refractivity contribution in [2.75, 3.05) is 11.6 Å². The molecule has 36 heavy (non-hydrogen) atoms. The molecule has 0 atom stereocenters. The zero-order valence-corrected chi connectivity index (χ0v) is 21.6. The van der Waals surface area contributed by atoms with Gasteiger partial charge >= 0.3 is 0 Å². The maximum absolute atomic E-state index is 12.9. The van der Waals surface area contributed by atoms with Crippen LogP contribution < -0.4 is 10.7 Å². The molecule has 184 valence electrons. The third-order valence-electron chi connectivity index (χ3n) is 5.09. The molecule has 8 nitrogen and oxygen atoms in total. The highest BCUT2D eigenvalue weighted by molar-refractivity contribution is 7.91. The fourth-order valence-electron chi connectivity index (χ4n) is 3.33. The van der Waals surface area contributed by atoms with Crippen LogP contribution in [0, 0.1) is 0 Å². The predicted octanol–water partition coefficient (Wildman–Crippen LogP) is 5.33. The molecule has 1 heterocycles. The van der Waals surface area contributed by atoms with E-state index >= 15 is 0 Å². The normalized spacial score (nSPS) is 11.6. The number of phenols is 1. The average Bonchev–Trinajstić information content (AvgIpc) is 3.24. The number of thiophene rings is 1. The summed E-state index contributed by atoms with van der Waals surface area (Å²) in [6.07, 6.45) is 2.49. The van der Waals surface area contributed by atoms with Crippen LogP contribution in [0.2, 0.25) is 10.0 Å². The van der Waals surface area contributed by atoms with Gasteiger partial charge in [0.25, 0.3) is 11.8 Å². The van der Waals surface area contributed by atoms with Gasteiger partial charge in [0, 0.05) is 33.8 Å². The Labute approximate surface area is 220 Å². The molecule has 3 aromatic carbocycles. The van der Waals surface area contributed by atoms with Crippen LogP contribution in [0.25, 0.3) is 10.8 Å². The molecule has 0 fully saturated rings. The van der Waals surface area contributed by atoms with E-state index in [0.29, 0.717) is 16.6 Å². The van der Waals surface area contributed by atoms with Crippen molar-refractivity contribution in [1.29, 1.82) is 0 Å². The lowest BCUT2D eigenvalue weighted by molar-refractivity contribution is 0.0954. The van der Waals surface area contributed by atoms with Gasteiger partial charge in [-0.05, 0) is 29.7 Å². The van der Waals surface area contributed by atoms with Crippen LogP contribution in [0.5, 0.6) is 5.75 Å². The summed E-state index contributed by atoms with van der Waals surface area (Å²) in [4.78, 5) is 25.2. The minimum Gasteiger partial charge on any atom is -0.506 e. The summed E-state index contributed by atoms with van der Waals surface area (Å²) in [5.74, 6) is -1.18. The number of hydrazone groups is 1. The number of nitrogens with zero attached hydrogens (tertiary/aromatic N) is 1. The lowest BCUT2D eigenvalue weighted by Crippen LogP contribution is -2.17. The minimum atomic E-state index is -3.56. The molecule has 0 aliphatic rings. The third-order valence-corrected chi connectivity index (χ3v) is 8.26. The van der Waals surface area contributed by atoms with E-state index in [1.165, 1.54) is 29.8 Å². The molecular formula is C24H17Cl2N3O5S2. The number of halogens is 2. The Morgan fingerprint density at radius 3 is 2.42 bits per heavy atom. The van der Waals surface area contributed by atoms with Gasteiger partial charge in [-0.3, -0.25) is 9.59 Å². The van der Waals surface area contributed by atoms with Crippen molar-refractivity contribution in [1.82, 2.24) is 5.43 Å². The van der Waals surface area contributed by atoms with Gasteiger partial charge in [-0.25, -0.2) is 13.8 Å². The minimum absolute atomic E-state index is 0.0478. The number of anilines is 1. The molecule has 0 radical (unpaired) electrons. The number of aromatic hydroxyl groups is 1. The van der Waals surface area contributed by atoms with E-state index in [-0.39, 0.29) is 31.1 Å². The van der Waals surface area contributed by atoms with Crippen molar-refractivity contribution in [2.45, 2.75) is 4.90 Å². The van der Waals surface area contributed by atoms with Gasteiger partial charge in [-0.15, -0.1) is 11.3 Å². The summed E-state index contributed by atoms with van der Waals surface area (Å²) in [6.45, 7) is 0. The standard InChI is InChI=1S/C24H17Cl2N3O5S2/c1-36(33,34)20-12-35-22(21(20)26)24(32)28-18-8-6-14(15-4-2-3-5-16(15)18)11-27-29-23(31)13-7-9-19(30)17(25)10-13/h2-12,30H,1H3,(H,28,32)(H,29,31)/b27-11+. The smallest absolute Gasteiger partial charge is 0.271 e. The number of hydrogen-bond acceptors (Lipinski definition) is 7. The molecule has 0 saturated carbocycles. The van der Waals surface area contributed by atoms with Gasteiger partial charge in [0.1, 0.15) is 10.6 Å². The second kappa shape index (κ2) is 10.3. The number of hydrogen-bond donors (Lipinski definition) is 3. The van der Waals surface area contributed by atoms with Crippen molar-refractivity contribution in [3.05, 3.63) is 86.0 Å². The van der Waals surface area contributed by atoms with E-state index in [1.807, 2.05) is 12.1 Å². The lowest BCUT2D eigenvalue weighted by Gasteiger charge is -2.10. The van der Waals surface area contributed by atoms with Crippen LogP contribution in [0.3, 0.4) is 0 Å². The molecule has 4 rings (SSSR count). The Morgan fingerprint density at radius 2 is 1.75 bits per heavy atom. The SMILES string of the molecule is CS(=O)(=O)c1csc(C(=O)Nc2ccc(/C=N/NC(=O)c3ccc(O)c(Cl)c3)c3ccccc23)c1Cl. The van der Waals surface area contributed by atoms with E-state index in [4.69, 9.17) is 23.2 Å². The summed E-state index contributed by atoms with van der Waals surface area (Å²) in [6, 6.07) is 14.7. The fraction of sp³-hybridized carbons (Fsp3) is 0.0417. The van der Waals surface area contributed by atoms with Crippen LogP contribution in [0.4, 0.5) is 5.69 Å². The Bertz CT molecular complexity index is 1650. The summed E-state index contributed by atoms with van der Waals surface area (Å²) < 4.78 is 23.7. The van der Waals surface area contributed by atoms with Crippen LogP contribution in [-0.4, -0.2) is 37.8 Å². The number of carbonyl (C=O) groups excluding carboxylic acids is 2. The molecule has 2 amide bonds. The predicted molar refractivity (Wildman–Crippen MR) is 143 cm³/mol. The zero-order valence-electron chi connectivity index (χ0n) is 18.5. The number of amides is 2. The van der Waals surface area contributed by atoms with E-state index in [9.17, 15) is 23.1 Å². The molecule has 0 saturated heterocycles. The number of benzene rings is 3. The number of nitrogens with one attached hydrogen (secondary N) is 2. The van der Waals surface area contributed by atoms with Gasteiger partial charge in [0.2, 0.25) is 0 Å². The van der Waals surface area contributed by atoms with Crippen molar-refractivity contribution < 1.29 is 23.1 Å². The van der Waals surface area contributed by atoms with Crippen LogP contribution in [-0.2, 0) is 9.84 Å². The molecule has 0 bridgehead atoms. The Hall–Kier alpha value is -3.44. The monoisotopic (exact) mass is 561 g/mol. The summed E-state index contributed by atoms with van der Waals surface area (Å²) in [7, 11) is -3.56. The molecule has 12 heteroatoms. The van der Waals surface area contributed by atoms with E-state index in [1.54, 1.807) is 24.3 Å². The fourth-order valence-corrected chi connectivity index (χ4v) is 6.32. The zero-order chi connectivity index (χ0) is 26.0. The maximum atomic E-state index is 12.9. The second-order valence-electron chi connectivity index (χ2n) is 7.58. The number of carbonyl (C=O) groups is 2. The van der Waals surface area contributed by atoms with E-state index in [0.717, 1.165) is 23.0 Å². The largest absolute Gasteiger partial charge is 0.506 e. The van der Waals surface area contributed by atoms with Gasteiger partial charge in [0.05, 0.1) is 21.2 Å². The molecule has 3 N–H and O–H groups in total. The Morgan fingerprint density at radius 1 is 1.03 bits per heavy atom. The molecule has 1 aromatic heterocycles. The number of fused-ring (bicyclic) bond motifs is 1. The highest BCUT2D eigenvalue weighted by Crippen LogP contribution is 2.33. The van der Waals surface area contributed by atoms with Gasteiger partial charge < -0.3 is 10.4 Å². The first-order chi connectivity index (χ1) is 17.1. The van der Waals surface area contributed by atoms with E-state index < -0.39 is 21.7 Å². The number of rotatable bonds is 6. The van der Waals surface area contributed by atoms with Crippen LogP contribution in [0.1, 0.15) is 25.6 Å². The lowest BCUT2D eigenvalue weighted by atomic mass is 10.0. The molecule has 0 spiro atoms. The molecular weight excluding hydrogens is 545 g/mol. The topological polar surface area (TPSA) is 125 Å². The molecule has 0 aliphatic heterocycles. The quantitative estimate of drug-likeness (QED) is 0.216. The molecule has 4 aromatic rings. The van der Waals surface area contributed by atoms with Gasteiger partial charge in [-0.2, -0.15) is 5.10 Å². The van der Waals surface area contributed by atoms with Crippen molar-refractivity contribution in [2.24, 2.45) is 5.10 Å². The third kappa shape index (κ3) is 5.36. The number of phenolic OH excluding ortho intramolecular Hbond substituents is 1. The molecule has 0 unspecified atom stereocenters. The average molecular weight is 562 g/mol. The molecule has 0 aliphatic carbocycles. The maximum Gasteiger partial charge on any atom is 0.271 e. The Kier molecular flexibility index (Phi) is 7.32. The first-order valence-electron chi connectivity index (χ1n) is 10.2.